The molecule has 6 heteroatoms. The van der Waals surface area contributed by atoms with E-state index < -0.39 is 10.0 Å². The second-order valence-corrected chi connectivity index (χ2v) is 6.95. The van der Waals surface area contributed by atoms with E-state index in [0.717, 1.165) is 18.4 Å². The molecule has 108 valence electrons. The van der Waals surface area contributed by atoms with Crippen molar-refractivity contribution >= 4 is 10.0 Å². The predicted octanol–water partition coefficient (Wildman–Crippen LogP) is 1.69. The Hall–Kier alpha value is -0.850. The summed E-state index contributed by atoms with van der Waals surface area (Å²) in [4.78, 5) is 0.298. The van der Waals surface area contributed by atoms with Crippen molar-refractivity contribution in [2.45, 2.75) is 51.1 Å². The third-order valence-corrected chi connectivity index (χ3v) is 5.37. The Morgan fingerprint density at radius 1 is 1.32 bits per heavy atom. The average molecular weight is 286 g/mol. The van der Waals surface area contributed by atoms with Gasteiger partial charge in [0.1, 0.15) is 16.4 Å². The number of sulfonamides is 1. The van der Waals surface area contributed by atoms with Crippen molar-refractivity contribution in [1.82, 2.24) is 10.0 Å². The van der Waals surface area contributed by atoms with Crippen LogP contribution in [0.1, 0.15) is 36.8 Å². The van der Waals surface area contributed by atoms with Crippen LogP contribution in [0, 0.1) is 19.8 Å². The molecular formula is C13H22N2O3S. The molecule has 1 fully saturated rings. The first-order valence-electron chi connectivity index (χ1n) is 6.62. The normalized spacial score (nSPS) is 17.7. The SMILES string of the molecule is CNCc1c(C)oc(C)c1S(=O)(=O)NC(C)C1CC1. The summed E-state index contributed by atoms with van der Waals surface area (Å²) < 4.78 is 33.3. The quantitative estimate of drug-likeness (QED) is 0.835. The number of aryl methyl sites for hydroxylation is 2. The summed E-state index contributed by atoms with van der Waals surface area (Å²) in [6.07, 6.45) is 2.22. The van der Waals surface area contributed by atoms with Crippen LogP contribution < -0.4 is 10.0 Å². The zero-order valence-corrected chi connectivity index (χ0v) is 12.7. The third kappa shape index (κ3) is 3.01. The van der Waals surface area contributed by atoms with Gasteiger partial charge in [-0.1, -0.05) is 0 Å². The van der Waals surface area contributed by atoms with Crippen LogP contribution in [-0.2, 0) is 16.6 Å². The van der Waals surface area contributed by atoms with E-state index in [1.165, 1.54) is 0 Å². The van der Waals surface area contributed by atoms with Crippen LogP contribution in [0.2, 0.25) is 0 Å². The lowest BCUT2D eigenvalue weighted by Gasteiger charge is -2.14. The Labute approximate surface area is 114 Å². The van der Waals surface area contributed by atoms with Gasteiger partial charge < -0.3 is 9.73 Å². The van der Waals surface area contributed by atoms with Crippen molar-refractivity contribution in [2.75, 3.05) is 7.05 Å². The molecule has 0 radical (unpaired) electrons. The van der Waals surface area contributed by atoms with Crippen LogP contribution in [0.25, 0.3) is 0 Å². The summed E-state index contributed by atoms with van der Waals surface area (Å²) in [5, 5.41) is 2.99. The van der Waals surface area contributed by atoms with Crippen molar-refractivity contribution in [2.24, 2.45) is 5.92 Å². The van der Waals surface area contributed by atoms with Crippen LogP contribution in [0.15, 0.2) is 9.31 Å². The highest BCUT2D eigenvalue weighted by atomic mass is 32.2. The van der Waals surface area contributed by atoms with Gasteiger partial charge in [0, 0.05) is 18.2 Å². The Kier molecular flexibility index (Phi) is 4.03. The summed E-state index contributed by atoms with van der Waals surface area (Å²) in [5.41, 5.74) is 0.718. The Morgan fingerprint density at radius 2 is 1.95 bits per heavy atom. The van der Waals surface area contributed by atoms with E-state index in [4.69, 9.17) is 4.42 Å². The molecule has 0 aliphatic heterocycles. The first kappa shape index (κ1) is 14.6. The standard InChI is InChI=1S/C13H22N2O3S/c1-8(11-5-6-11)15-19(16,17)13-10(3)18-9(2)12(13)7-14-4/h8,11,14-15H,5-7H2,1-4H3. The topological polar surface area (TPSA) is 71.3 Å². The molecule has 1 atom stereocenters. The van der Waals surface area contributed by atoms with Gasteiger partial charge in [-0.3, -0.25) is 0 Å². The summed E-state index contributed by atoms with van der Waals surface area (Å²) in [6, 6.07) is -0.0120. The first-order chi connectivity index (χ1) is 8.86. The summed E-state index contributed by atoms with van der Waals surface area (Å²) in [6.45, 7) is 5.90. The van der Waals surface area contributed by atoms with E-state index >= 15 is 0 Å². The molecule has 2 N–H and O–H groups in total. The Bertz CT molecular complexity index is 559. The molecule has 2 rings (SSSR count). The van der Waals surface area contributed by atoms with Gasteiger partial charge in [0.15, 0.2) is 0 Å². The molecule has 5 nitrogen and oxygen atoms in total. The van der Waals surface area contributed by atoms with Gasteiger partial charge in [0.2, 0.25) is 10.0 Å². The molecular weight excluding hydrogens is 264 g/mol. The Morgan fingerprint density at radius 3 is 2.47 bits per heavy atom. The molecule has 1 heterocycles. The largest absolute Gasteiger partial charge is 0.465 e. The highest BCUT2D eigenvalue weighted by molar-refractivity contribution is 7.89. The minimum Gasteiger partial charge on any atom is -0.465 e. The number of hydrogen-bond acceptors (Lipinski definition) is 4. The molecule has 1 saturated carbocycles. The van der Waals surface area contributed by atoms with E-state index in [9.17, 15) is 8.42 Å². The van der Waals surface area contributed by atoms with Crippen molar-refractivity contribution in [1.29, 1.82) is 0 Å². The third-order valence-electron chi connectivity index (χ3n) is 3.62. The minimum absolute atomic E-state index is 0.0120. The fourth-order valence-corrected chi connectivity index (χ4v) is 4.20. The van der Waals surface area contributed by atoms with Crippen LogP contribution in [0.5, 0.6) is 0 Å². The van der Waals surface area contributed by atoms with Crippen LogP contribution in [0.3, 0.4) is 0 Å². The van der Waals surface area contributed by atoms with Crippen molar-refractivity contribution in [3.05, 3.63) is 17.1 Å². The first-order valence-corrected chi connectivity index (χ1v) is 8.11. The smallest absolute Gasteiger partial charge is 0.244 e. The van der Waals surface area contributed by atoms with Gasteiger partial charge in [-0.15, -0.1) is 0 Å². The van der Waals surface area contributed by atoms with Crippen molar-refractivity contribution in [3.63, 3.8) is 0 Å². The van der Waals surface area contributed by atoms with Gasteiger partial charge in [0.05, 0.1) is 0 Å². The fraction of sp³-hybridized carbons (Fsp3) is 0.692. The maximum atomic E-state index is 12.5. The molecule has 1 aliphatic rings. The monoisotopic (exact) mass is 286 g/mol. The number of hydrogen-bond donors (Lipinski definition) is 2. The van der Waals surface area contributed by atoms with E-state index in [1.807, 2.05) is 6.92 Å². The zero-order chi connectivity index (χ0) is 14.2. The van der Waals surface area contributed by atoms with Crippen LogP contribution >= 0.6 is 0 Å². The molecule has 0 amide bonds. The lowest BCUT2D eigenvalue weighted by Crippen LogP contribution is -2.34. The van der Waals surface area contributed by atoms with Gasteiger partial charge >= 0.3 is 0 Å². The van der Waals surface area contributed by atoms with E-state index in [-0.39, 0.29) is 6.04 Å². The van der Waals surface area contributed by atoms with Crippen molar-refractivity contribution < 1.29 is 12.8 Å². The number of nitrogens with one attached hydrogen (secondary N) is 2. The molecule has 19 heavy (non-hydrogen) atoms. The Balaban J connectivity index is 2.33. The molecule has 0 saturated heterocycles. The van der Waals surface area contributed by atoms with Gasteiger partial charge in [0.25, 0.3) is 0 Å². The van der Waals surface area contributed by atoms with E-state index in [1.54, 1.807) is 20.9 Å². The highest BCUT2D eigenvalue weighted by Gasteiger charge is 2.33. The maximum Gasteiger partial charge on any atom is 0.244 e. The molecule has 1 unspecified atom stereocenters. The number of furan rings is 1. The zero-order valence-electron chi connectivity index (χ0n) is 11.9. The van der Waals surface area contributed by atoms with Crippen molar-refractivity contribution in [3.8, 4) is 0 Å². The second kappa shape index (κ2) is 5.26. The molecule has 0 bridgehead atoms. The lowest BCUT2D eigenvalue weighted by atomic mass is 10.2. The van der Waals surface area contributed by atoms with E-state index in [0.29, 0.717) is 28.9 Å². The second-order valence-electron chi connectivity index (χ2n) is 5.30. The summed E-state index contributed by atoms with van der Waals surface area (Å²) >= 11 is 0. The lowest BCUT2D eigenvalue weighted by molar-refractivity contribution is 0.491. The predicted molar refractivity (Wildman–Crippen MR) is 73.5 cm³/mol. The summed E-state index contributed by atoms with van der Waals surface area (Å²) in [5.74, 6) is 1.60. The molecule has 1 aliphatic carbocycles. The fourth-order valence-electron chi connectivity index (χ4n) is 2.44. The van der Waals surface area contributed by atoms with Gasteiger partial charge in [-0.2, -0.15) is 0 Å². The van der Waals surface area contributed by atoms with Crippen LogP contribution in [-0.4, -0.2) is 21.5 Å². The highest BCUT2D eigenvalue weighted by Crippen LogP contribution is 2.34. The van der Waals surface area contributed by atoms with Gasteiger partial charge in [-0.25, -0.2) is 13.1 Å². The molecule has 1 aromatic rings. The summed E-state index contributed by atoms with van der Waals surface area (Å²) in [7, 11) is -1.72. The number of rotatable bonds is 6. The maximum absolute atomic E-state index is 12.5. The van der Waals surface area contributed by atoms with Crippen LogP contribution in [0.4, 0.5) is 0 Å². The van der Waals surface area contributed by atoms with E-state index in [2.05, 4.69) is 10.0 Å². The molecule has 0 spiro atoms. The molecule has 0 aromatic carbocycles. The molecule has 1 aromatic heterocycles. The average Bonchev–Trinajstić information content (AvgIpc) is 3.07. The minimum atomic E-state index is -3.51. The van der Waals surface area contributed by atoms with Gasteiger partial charge in [-0.05, 0) is 46.6 Å².